The van der Waals surface area contributed by atoms with Crippen LogP contribution >= 0.6 is 0 Å². The molecule has 0 atom stereocenters. The molecule has 6 heteroatoms. The maximum atomic E-state index is 9.05. The zero-order valence-corrected chi connectivity index (χ0v) is 13.9. The van der Waals surface area contributed by atoms with Gasteiger partial charge in [-0.25, -0.2) is 4.98 Å². The summed E-state index contributed by atoms with van der Waals surface area (Å²) < 4.78 is 5.62. The molecule has 0 amide bonds. The molecule has 2 N–H and O–H groups in total. The second kappa shape index (κ2) is 8.31. The smallest absolute Gasteiger partial charge is 0.219 e. The van der Waals surface area contributed by atoms with Crippen LogP contribution in [0.5, 0.6) is 11.6 Å². The van der Waals surface area contributed by atoms with E-state index in [0.29, 0.717) is 22.8 Å². The predicted octanol–water partition coefficient (Wildman–Crippen LogP) is 3.58. The fraction of sp³-hybridized carbons (Fsp3) is 0.0500. The van der Waals surface area contributed by atoms with E-state index >= 15 is 0 Å². The predicted molar refractivity (Wildman–Crippen MR) is 97.4 cm³/mol. The average molecular weight is 344 g/mol. The third-order valence-corrected chi connectivity index (χ3v) is 3.52. The average Bonchev–Trinajstić information content (AvgIpc) is 2.69. The maximum Gasteiger partial charge on any atom is 0.219 e. The van der Waals surface area contributed by atoms with Crippen molar-refractivity contribution in [2.75, 3.05) is 0 Å². The Morgan fingerprint density at radius 2 is 1.81 bits per heavy atom. The summed E-state index contributed by atoms with van der Waals surface area (Å²) in [6.45, 7) is 0.160. The van der Waals surface area contributed by atoms with Crippen LogP contribution in [0.2, 0.25) is 0 Å². The number of nitriles is 1. The molecule has 3 aromatic rings. The number of para-hydroxylation sites is 1. The van der Waals surface area contributed by atoms with E-state index in [9.17, 15) is 0 Å². The van der Waals surface area contributed by atoms with E-state index in [1.807, 2.05) is 42.5 Å². The first-order valence-corrected chi connectivity index (χ1v) is 7.89. The first kappa shape index (κ1) is 17.0. The summed E-state index contributed by atoms with van der Waals surface area (Å²) in [5.74, 6) is 1.35. The highest BCUT2D eigenvalue weighted by molar-refractivity contribution is 5.96. The molecule has 0 unspecified atom stereocenters. The van der Waals surface area contributed by atoms with E-state index in [-0.39, 0.29) is 12.4 Å². The van der Waals surface area contributed by atoms with Gasteiger partial charge in [-0.15, -0.1) is 0 Å². The van der Waals surface area contributed by atoms with Crippen LogP contribution in [0.25, 0.3) is 0 Å². The van der Waals surface area contributed by atoms with Gasteiger partial charge in [-0.3, -0.25) is 0 Å². The lowest BCUT2D eigenvalue weighted by molar-refractivity contribution is 0.130. The number of aromatic nitrogens is 1. The Labute approximate surface area is 151 Å². The van der Waals surface area contributed by atoms with Crippen LogP contribution in [0.4, 0.5) is 0 Å². The molecule has 0 aliphatic heterocycles. The molecule has 0 spiro atoms. The van der Waals surface area contributed by atoms with Crippen LogP contribution in [0, 0.1) is 11.3 Å². The van der Waals surface area contributed by atoms with Gasteiger partial charge in [0.25, 0.3) is 0 Å². The Kier molecular flexibility index (Phi) is 5.43. The maximum absolute atomic E-state index is 9.05. The highest BCUT2D eigenvalue weighted by Crippen LogP contribution is 2.18. The normalized spacial score (nSPS) is 10.8. The number of hydrogen-bond donors (Lipinski definition) is 1. The Hall–Kier alpha value is -3.85. The van der Waals surface area contributed by atoms with Crippen LogP contribution in [0.3, 0.4) is 0 Å². The fourth-order valence-corrected chi connectivity index (χ4v) is 2.18. The molecule has 6 nitrogen and oxygen atoms in total. The monoisotopic (exact) mass is 344 g/mol. The molecule has 0 bridgehead atoms. The summed E-state index contributed by atoms with van der Waals surface area (Å²) in [5, 5.41) is 12.9. The van der Waals surface area contributed by atoms with Crippen molar-refractivity contribution < 1.29 is 9.57 Å². The molecule has 0 saturated carbocycles. The Balaban J connectivity index is 1.61. The van der Waals surface area contributed by atoms with Crippen molar-refractivity contribution in [3.8, 4) is 17.7 Å². The van der Waals surface area contributed by atoms with Gasteiger partial charge in [0.1, 0.15) is 12.4 Å². The Bertz CT molecular complexity index is 932. The molecule has 0 fully saturated rings. The summed E-state index contributed by atoms with van der Waals surface area (Å²) in [6.07, 6.45) is 1.56. The second-order valence-corrected chi connectivity index (χ2v) is 5.32. The van der Waals surface area contributed by atoms with Gasteiger partial charge in [-0.05, 0) is 24.3 Å². The molecule has 2 aromatic carbocycles. The molecular weight excluding hydrogens is 328 g/mol. The van der Waals surface area contributed by atoms with Gasteiger partial charge in [-0.2, -0.15) is 5.26 Å². The lowest BCUT2D eigenvalue weighted by Gasteiger charge is -2.06. The van der Waals surface area contributed by atoms with Crippen LogP contribution in [0.1, 0.15) is 16.7 Å². The highest BCUT2D eigenvalue weighted by Gasteiger charge is 2.04. The molecule has 0 saturated heterocycles. The third-order valence-electron chi connectivity index (χ3n) is 3.52. The van der Waals surface area contributed by atoms with Gasteiger partial charge in [0.15, 0.2) is 5.84 Å². The minimum absolute atomic E-state index is 0.160. The number of oxime groups is 1. The molecule has 1 heterocycles. The minimum Gasteiger partial charge on any atom is -0.439 e. The molecular formula is C20H16N4O2. The van der Waals surface area contributed by atoms with Crippen molar-refractivity contribution in [3.63, 3.8) is 0 Å². The Morgan fingerprint density at radius 3 is 2.54 bits per heavy atom. The topological polar surface area (TPSA) is 93.5 Å². The summed E-state index contributed by atoms with van der Waals surface area (Å²) in [7, 11) is 0. The number of pyridine rings is 1. The molecule has 128 valence electrons. The van der Waals surface area contributed by atoms with Gasteiger partial charge in [0.05, 0.1) is 11.6 Å². The van der Waals surface area contributed by atoms with Crippen molar-refractivity contribution in [1.82, 2.24) is 4.98 Å². The molecule has 0 aliphatic carbocycles. The standard InChI is InChI=1S/C20H16N4O2/c21-12-15-6-4-5-7-17(15)14-25-24-20(22)16-10-11-19(23-13-16)26-18-8-2-1-3-9-18/h1-11,13H,14H2,(H2,22,24). The summed E-state index contributed by atoms with van der Waals surface area (Å²) in [6, 6.07) is 22.1. The SMILES string of the molecule is N#Cc1ccccc1CO/N=C(/N)c1ccc(Oc2ccccc2)nc1. The number of nitrogens with two attached hydrogens (primary N) is 1. The van der Waals surface area contributed by atoms with E-state index < -0.39 is 0 Å². The zero-order chi connectivity index (χ0) is 18.2. The summed E-state index contributed by atoms with van der Waals surface area (Å²) in [4.78, 5) is 9.46. The quantitative estimate of drug-likeness (QED) is 0.419. The number of ether oxygens (including phenoxy) is 1. The number of hydrogen-bond acceptors (Lipinski definition) is 5. The van der Waals surface area contributed by atoms with Crippen molar-refractivity contribution in [2.24, 2.45) is 10.9 Å². The van der Waals surface area contributed by atoms with Crippen molar-refractivity contribution in [3.05, 3.63) is 89.6 Å². The molecule has 26 heavy (non-hydrogen) atoms. The largest absolute Gasteiger partial charge is 0.439 e. The molecule has 3 rings (SSSR count). The van der Waals surface area contributed by atoms with Crippen LogP contribution < -0.4 is 10.5 Å². The van der Waals surface area contributed by atoms with Crippen LogP contribution in [-0.2, 0) is 11.4 Å². The van der Waals surface area contributed by atoms with Gasteiger partial charge in [0, 0.05) is 23.4 Å². The summed E-state index contributed by atoms with van der Waals surface area (Å²) >= 11 is 0. The van der Waals surface area contributed by atoms with Crippen molar-refractivity contribution >= 4 is 5.84 Å². The van der Waals surface area contributed by atoms with Crippen molar-refractivity contribution in [2.45, 2.75) is 6.61 Å². The van der Waals surface area contributed by atoms with Crippen LogP contribution in [-0.4, -0.2) is 10.8 Å². The van der Waals surface area contributed by atoms with E-state index in [1.165, 1.54) is 0 Å². The highest BCUT2D eigenvalue weighted by atomic mass is 16.6. The molecule has 0 radical (unpaired) electrons. The van der Waals surface area contributed by atoms with E-state index in [4.69, 9.17) is 20.6 Å². The summed E-state index contributed by atoms with van der Waals surface area (Å²) in [5.41, 5.74) is 7.81. The van der Waals surface area contributed by atoms with E-state index in [2.05, 4.69) is 16.2 Å². The fourth-order valence-electron chi connectivity index (χ4n) is 2.18. The number of nitrogens with zero attached hydrogens (tertiary/aromatic N) is 3. The molecule has 1 aromatic heterocycles. The Morgan fingerprint density at radius 1 is 1.04 bits per heavy atom. The second-order valence-electron chi connectivity index (χ2n) is 5.32. The number of rotatable bonds is 6. The zero-order valence-electron chi connectivity index (χ0n) is 13.9. The van der Waals surface area contributed by atoms with E-state index in [1.54, 1.807) is 30.5 Å². The van der Waals surface area contributed by atoms with Crippen molar-refractivity contribution in [1.29, 1.82) is 5.26 Å². The van der Waals surface area contributed by atoms with Gasteiger partial charge >= 0.3 is 0 Å². The first-order chi connectivity index (χ1) is 12.8. The number of benzene rings is 2. The van der Waals surface area contributed by atoms with Gasteiger partial charge in [-0.1, -0.05) is 41.6 Å². The van der Waals surface area contributed by atoms with E-state index in [0.717, 1.165) is 5.56 Å². The lowest BCUT2D eigenvalue weighted by Crippen LogP contribution is -2.14. The third kappa shape index (κ3) is 4.36. The minimum atomic E-state index is 0.160. The van der Waals surface area contributed by atoms with Gasteiger partial charge < -0.3 is 15.3 Å². The lowest BCUT2D eigenvalue weighted by atomic mass is 10.1. The van der Waals surface area contributed by atoms with Crippen LogP contribution in [0.15, 0.2) is 78.1 Å². The number of amidine groups is 1. The molecule has 0 aliphatic rings. The van der Waals surface area contributed by atoms with Gasteiger partial charge in [0.2, 0.25) is 5.88 Å². The first-order valence-electron chi connectivity index (χ1n) is 7.89.